The Morgan fingerprint density at radius 2 is 1.94 bits per heavy atom. The van der Waals surface area contributed by atoms with Crippen LogP contribution in [0.15, 0.2) is 58.1 Å². The molecule has 0 saturated carbocycles. The summed E-state index contributed by atoms with van der Waals surface area (Å²) in [6.07, 6.45) is 1.43. The van der Waals surface area contributed by atoms with Crippen molar-refractivity contribution in [2.24, 2.45) is 0 Å². The molecule has 3 aromatic heterocycles. The second-order valence-corrected chi connectivity index (χ2v) is 7.66. The van der Waals surface area contributed by atoms with Crippen LogP contribution in [-0.4, -0.2) is 48.9 Å². The molecule has 0 unspecified atom stereocenters. The third-order valence-electron chi connectivity index (χ3n) is 5.33. The van der Waals surface area contributed by atoms with E-state index in [0.29, 0.717) is 35.1 Å². The summed E-state index contributed by atoms with van der Waals surface area (Å²) in [5, 5.41) is 12.2. The lowest BCUT2D eigenvalue weighted by Gasteiger charge is -2.07. The summed E-state index contributed by atoms with van der Waals surface area (Å²) in [4.78, 5) is 21.8. The van der Waals surface area contributed by atoms with Crippen molar-refractivity contribution >= 4 is 11.2 Å². The van der Waals surface area contributed by atoms with Gasteiger partial charge in [0, 0.05) is 6.07 Å². The van der Waals surface area contributed by atoms with Crippen molar-refractivity contribution in [3.63, 3.8) is 0 Å². The maximum absolute atomic E-state index is 13.0. The zero-order chi connectivity index (χ0) is 23.7. The van der Waals surface area contributed by atoms with Crippen molar-refractivity contribution in [2.45, 2.75) is 20.0 Å². The molecular formula is C23H21N7O4. The zero-order valence-corrected chi connectivity index (χ0v) is 18.8. The maximum Gasteiger partial charge on any atom is 0.283 e. The molecule has 0 amide bonds. The van der Waals surface area contributed by atoms with Gasteiger partial charge in [-0.3, -0.25) is 9.36 Å². The summed E-state index contributed by atoms with van der Waals surface area (Å²) in [7, 11) is 3.12. The Kier molecular flexibility index (Phi) is 5.50. The predicted octanol–water partition coefficient (Wildman–Crippen LogP) is 2.46. The van der Waals surface area contributed by atoms with E-state index < -0.39 is 0 Å². The summed E-state index contributed by atoms with van der Waals surface area (Å²) >= 11 is 0. The molecule has 172 valence electrons. The molecule has 0 saturated heterocycles. The normalized spacial score (nSPS) is 11.1. The Bertz CT molecular complexity index is 1540. The first-order valence-electron chi connectivity index (χ1n) is 10.4. The van der Waals surface area contributed by atoms with Crippen molar-refractivity contribution in [3.05, 3.63) is 76.2 Å². The Morgan fingerprint density at radius 1 is 1.06 bits per heavy atom. The highest BCUT2D eigenvalue weighted by atomic mass is 16.5. The number of nitrogens with zero attached hydrogens (tertiary/aromatic N) is 7. The summed E-state index contributed by atoms with van der Waals surface area (Å²) in [5.41, 5.74) is 3.07. The van der Waals surface area contributed by atoms with E-state index in [0.717, 1.165) is 11.1 Å². The van der Waals surface area contributed by atoms with Crippen LogP contribution in [0.2, 0.25) is 0 Å². The van der Waals surface area contributed by atoms with Crippen molar-refractivity contribution < 1.29 is 14.0 Å². The van der Waals surface area contributed by atoms with Crippen LogP contribution in [0.5, 0.6) is 11.5 Å². The molecule has 0 fully saturated rings. The van der Waals surface area contributed by atoms with Gasteiger partial charge in [-0.1, -0.05) is 40.2 Å². The van der Waals surface area contributed by atoms with E-state index in [9.17, 15) is 4.79 Å². The molecule has 0 aliphatic rings. The molecule has 0 aliphatic heterocycles. The number of methoxy groups -OCH3 is 2. The van der Waals surface area contributed by atoms with Crippen LogP contribution in [0.25, 0.3) is 22.6 Å². The lowest BCUT2D eigenvalue weighted by Crippen LogP contribution is -2.21. The van der Waals surface area contributed by atoms with Crippen LogP contribution in [0.3, 0.4) is 0 Å². The summed E-state index contributed by atoms with van der Waals surface area (Å²) in [6, 6.07) is 13.3. The van der Waals surface area contributed by atoms with E-state index in [1.165, 1.54) is 10.9 Å². The van der Waals surface area contributed by atoms with Gasteiger partial charge in [0.1, 0.15) is 24.4 Å². The number of benzene rings is 2. The molecular weight excluding hydrogens is 438 g/mol. The summed E-state index contributed by atoms with van der Waals surface area (Å²) in [6.45, 7) is 2.52. The van der Waals surface area contributed by atoms with Gasteiger partial charge in [0.05, 0.1) is 26.3 Å². The van der Waals surface area contributed by atoms with Crippen LogP contribution < -0.4 is 15.0 Å². The summed E-state index contributed by atoms with van der Waals surface area (Å²) in [5.74, 6) is 1.76. The molecule has 2 aromatic carbocycles. The average molecular weight is 459 g/mol. The van der Waals surface area contributed by atoms with Crippen molar-refractivity contribution in [2.75, 3.05) is 14.2 Å². The van der Waals surface area contributed by atoms with Gasteiger partial charge in [-0.25, -0.2) is 9.67 Å². The third kappa shape index (κ3) is 3.98. The number of fused-ring (bicyclic) bond motifs is 1. The Labute approximate surface area is 193 Å². The van der Waals surface area contributed by atoms with Crippen molar-refractivity contribution in [3.8, 4) is 22.9 Å². The Hall–Kier alpha value is -4.54. The van der Waals surface area contributed by atoms with Crippen LogP contribution in [0.1, 0.15) is 17.0 Å². The molecule has 0 radical (unpaired) electrons. The van der Waals surface area contributed by atoms with E-state index in [1.54, 1.807) is 37.1 Å². The van der Waals surface area contributed by atoms with Gasteiger partial charge in [0.2, 0.25) is 11.7 Å². The molecule has 3 heterocycles. The Morgan fingerprint density at radius 3 is 2.74 bits per heavy atom. The van der Waals surface area contributed by atoms with E-state index in [2.05, 4.69) is 31.5 Å². The molecule has 11 heteroatoms. The molecule has 5 aromatic rings. The van der Waals surface area contributed by atoms with Gasteiger partial charge in [-0.15, -0.1) is 5.10 Å². The molecule has 5 rings (SSSR count). The maximum atomic E-state index is 13.0. The monoisotopic (exact) mass is 459 g/mol. The SMILES string of the molecule is COc1ccc(-c2noc(Cn3cnc4c(nnn4Cc4cccc(C)c4)c3=O)n2)c(OC)c1. The van der Waals surface area contributed by atoms with Gasteiger partial charge in [0.25, 0.3) is 5.56 Å². The molecule has 34 heavy (non-hydrogen) atoms. The first-order valence-corrected chi connectivity index (χ1v) is 10.4. The van der Waals surface area contributed by atoms with Gasteiger partial charge >= 0.3 is 0 Å². The molecule has 0 N–H and O–H groups in total. The molecule has 0 atom stereocenters. The lowest BCUT2D eigenvalue weighted by atomic mass is 10.1. The fourth-order valence-corrected chi connectivity index (χ4v) is 3.65. The average Bonchev–Trinajstić information content (AvgIpc) is 3.48. The second kappa shape index (κ2) is 8.77. The molecule has 0 bridgehead atoms. The van der Waals surface area contributed by atoms with Crippen molar-refractivity contribution in [1.82, 2.24) is 34.7 Å². The van der Waals surface area contributed by atoms with Gasteiger partial charge in [-0.05, 0) is 24.6 Å². The van der Waals surface area contributed by atoms with Crippen LogP contribution in [0.4, 0.5) is 0 Å². The molecule has 11 nitrogen and oxygen atoms in total. The van der Waals surface area contributed by atoms with Crippen LogP contribution in [-0.2, 0) is 13.1 Å². The van der Waals surface area contributed by atoms with Crippen LogP contribution >= 0.6 is 0 Å². The van der Waals surface area contributed by atoms with E-state index in [-0.39, 0.29) is 23.5 Å². The van der Waals surface area contributed by atoms with E-state index in [4.69, 9.17) is 14.0 Å². The number of aromatic nitrogens is 7. The fourth-order valence-electron chi connectivity index (χ4n) is 3.65. The minimum atomic E-state index is -0.345. The minimum absolute atomic E-state index is 0.0397. The number of hydrogen-bond acceptors (Lipinski definition) is 9. The quantitative estimate of drug-likeness (QED) is 0.361. The highest BCUT2D eigenvalue weighted by molar-refractivity contribution is 5.68. The smallest absolute Gasteiger partial charge is 0.283 e. The number of ether oxygens (including phenoxy) is 2. The van der Waals surface area contributed by atoms with Gasteiger partial charge < -0.3 is 14.0 Å². The van der Waals surface area contributed by atoms with Gasteiger partial charge in [-0.2, -0.15) is 4.98 Å². The topological polar surface area (TPSA) is 123 Å². The fraction of sp³-hybridized carbons (Fsp3) is 0.217. The van der Waals surface area contributed by atoms with E-state index in [1.807, 2.05) is 25.1 Å². The Balaban J connectivity index is 1.41. The standard InChI is InChI=1S/C23H21N7O4/c1-14-5-4-6-15(9-14)11-30-22-20(26-28-30)23(31)29(13-24-22)12-19-25-21(27-34-19)17-8-7-16(32-2)10-18(17)33-3/h4-10,13H,11-12H2,1-3H3. The zero-order valence-electron chi connectivity index (χ0n) is 18.8. The highest BCUT2D eigenvalue weighted by Crippen LogP contribution is 2.31. The first kappa shape index (κ1) is 21.3. The van der Waals surface area contributed by atoms with Gasteiger partial charge in [0.15, 0.2) is 11.2 Å². The van der Waals surface area contributed by atoms with Crippen molar-refractivity contribution in [1.29, 1.82) is 0 Å². The second-order valence-electron chi connectivity index (χ2n) is 7.66. The number of rotatable bonds is 7. The largest absolute Gasteiger partial charge is 0.497 e. The number of aryl methyl sites for hydroxylation is 1. The van der Waals surface area contributed by atoms with E-state index >= 15 is 0 Å². The predicted molar refractivity (Wildman–Crippen MR) is 122 cm³/mol. The number of hydrogen-bond donors (Lipinski definition) is 0. The minimum Gasteiger partial charge on any atom is -0.497 e. The van der Waals surface area contributed by atoms with Crippen LogP contribution in [0, 0.1) is 6.92 Å². The molecule has 0 aliphatic carbocycles. The lowest BCUT2D eigenvalue weighted by molar-refractivity contribution is 0.369. The molecule has 0 spiro atoms. The highest BCUT2D eigenvalue weighted by Gasteiger charge is 2.17. The first-order chi connectivity index (χ1) is 16.6. The third-order valence-corrected chi connectivity index (χ3v) is 5.33. The summed E-state index contributed by atoms with van der Waals surface area (Å²) < 4.78 is 19.0.